The van der Waals surface area contributed by atoms with Crippen LogP contribution in [0.4, 0.5) is 0 Å². The van der Waals surface area contributed by atoms with E-state index in [-0.39, 0.29) is 23.5 Å². The van der Waals surface area contributed by atoms with Gasteiger partial charge in [-0.2, -0.15) is 0 Å². The fourth-order valence-corrected chi connectivity index (χ4v) is 5.18. The van der Waals surface area contributed by atoms with Gasteiger partial charge in [0, 0.05) is 27.1 Å². The van der Waals surface area contributed by atoms with E-state index < -0.39 is 0 Å². The van der Waals surface area contributed by atoms with Gasteiger partial charge in [0.1, 0.15) is 0 Å². The molecule has 3 aliphatic rings. The number of hydrogen-bond donors (Lipinski definition) is 1. The minimum Gasteiger partial charge on any atom is -0.379 e. The normalized spacial score (nSPS) is 31.3. The minimum atomic E-state index is -0.293. The number of methoxy groups -OCH3 is 1. The lowest BCUT2D eigenvalue weighted by Gasteiger charge is -2.37. The molecule has 0 spiro atoms. The van der Waals surface area contributed by atoms with Crippen molar-refractivity contribution in [3.8, 4) is 0 Å². The Kier molecular flexibility index (Phi) is 4.75. The first-order chi connectivity index (χ1) is 12.9. The van der Waals surface area contributed by atoms with E-state index in [9.17, 15) is 9.59 Å². The molecule has 5 nitrogen and oxygen atoms in total. The van der Waals surface area contributed by atoms with Crippen LogP contribution in [0.3, 0.4) is 0 Å². The number of likely N-dealkylation sites (tertiary alicyclic amines) is 1. The lowest BCUT2D eigenvalue weighted by molar-refractivity contribution is -0.133. The van der Waals surface area contributed by atoms with Crippen molar-refractivity contribution >= 4 is 11.8 Å². The molecule has 1 N–H and O–H groups in total. The maximum absolute atomic E-state index is 13.4. The van der Waals surface area contributed by atoms with Gasteiger partial charge >= 0.3 is 0 Å². The highest BCUT2D eigenvalue weighted by Gasteiger charge is 2.55. The lowest BCUT2D eigenvalue weighted by atomic mass is 9.77. The lowest BCUT2D eigenvalue weighted by Crippen LogP contribution is -2.49. The summed E-state index contributed by atoms with van der Waals surface area (Å²) < 4.78 is 5.65. The summed E-state index contributed by atoms with van der Waals surface area (Å²) in [4.78, 5) is 27.0. The van der Waals surface area contributed by atoms with Crippen LogP contribution in [0, 0.1) is 18.8 Å². The zero-order valence-electron chi connectivity index (χ0n) is 16.5. The highest BCUT2D eigenvalue weighted by molar-refractivity contribution is 5.91. The first-order valence-electron chi connectivity index (χ1n) is 10.1. The van der Waals surface area contributed by atoms with E-state index in [0.29, 0.717) is 17.7 Å². The monoisotopic (exact) mass is 370 g/mol. The van der Waals surface area contributed by atoms with E-state index in [1.807, 2.05) is 0 Å². The van der Waals surface area contributed by atoms with Gasteiger partial charge in [-0.25, -0.2) is 0 Å². The Morgan fingerprint density at radius 1 is 1.11 bits per heavy atom. The van der Waals surface area contributed by atoms with Crippen LogP contribution in [0.15, 0.2) is 24.3 Å². The molecule has 1 aromatic rings. The van der Waals surface area contributed by atoms with Crippen molar-refractivity contribution < 1.29 is 14.3 Å². The fourth-order valence-electron chi connectivity index (χ4n) is 5.18. The number of rotatable bonds is 4. The Hall–Kier alpha value is -1.88. The second-order valence-corrected chi connectivity index (χ2v) is 8.73. The van der Waals surface area contributed by atoms with Crippen LogP contribution in [0.25, 0.3) is 0 Å². The Balaban J connectivity index is 1.47. The van der Waals surface area contributed by atoms with Crippen LogP contribution in [0.2, 0.25) is 0 Å². The summed E-state index contributed by atoms with van der Waals surface area (Å²) in [5.74, 6) is 1.21. The van der Waals surface area contributed by atoms with Crippen molar-refractivity contribution in [1.82, 2.24) is 10.2 Å². The molecule has 2 saturated carbocycles. The molecular formula is C22H30N2O3. The Morgan fingerprint density at radius 3 is 2.30 bits per heavy atom. The first kappa shape index (κ1) is 18.5. The van der Waals surface area contributed by atoms with Crippen LogP contribution >= 0.6 is 0 Å². The largest absolute Gasteiger partial charge is 0.379 e. The van der Waals surface area contributed by atoms with Crippen LogP contribution in [-0.4, -0.2) is 49.1 Å². The zero-order chi connectivity index (χ0) is 19.2. The molecular weight excluding hydrogens is 340 g/mol. The third kappa shape index (κ3) is 3.38. The van der Waals surface area contributed by atoms with Crippen molar-refractivity contribution in [2.75, 3.05) is 20.2 Å². The maximum Gasteiger partial charge on any atom is 0.233 e. The standard InChI is InChI=1S/C22H30N2O3/c1-14-4-6-18(7-5-14)22(8-9-22)21(26)24-12-16-10-19(23-15(2)25)20(27-3)11-17(16)13-24/h4-7,16-17,19-20H,8-13H2,1-3H3,(H,23,25)/t16-,17+,19-,20-/m1/s1. The molecule has 5 heteroatoms. The summed E-state index contributed by atoms with van der Waals surface area (Å²) in [5, 5.41) is 3.05. The van der Waals surface area contributed by atoms with Gasteiger partial charge in [-0.05, 0) is 50.0 Å². The SMILES string of the molecule is CO[C@@H]1C[C@H]2CN(C(=O)C3(c4ccc(C)cc4)CC3)C[C@H]2C[C@H]1NC(C)=O. The number of nitrogens with one attached hydrogen (secondary N) is 1. The third-order valence-electron chi connectivity index (χ3n) is 6.86. The van der Waals surface area contributed by atoms with E-state index in [0.717, 1.165) is 38.8 Å². The molecule has 0 bridgehead atoms. The molecule has 1 heterocycles. The van der Waals surface area contributed by atoms with Gasteiger partial charge in [-0.3, -0.25) is 9.59 Å². The predicted octanol–water partition coefficient (Wildman–Crippen LogP) is 2.41. The molecule has 3 fully saturated rings. The minimum absolute atomic E-state index is 0.0114. The van der Waals surface area contributed by atoms with Gasteiger partial charge < -0.3 is 15.0 Å². The van der Waals surface area contributed by atoms with Crippen molar-refractivity contribution in [3.63, 3.8) is 0 Å². The van der Waals surface area contributed by atoms with Crippen LogP contribution in [0.5, 0.6) is 0 Å². The van der Waals surface area contributed by atoms with E-state index in [1.54, 1.807) is 14.0 Å². The number of ether oxygens (including phenoxy) is 1. The van der Waals surface area contributed by atoms with Crippen LogP contribution < -0.4 is 5.32 Å². The summed E-state index contributed by atoms with van der Waals surface area (Å²) in [5.41, 5.74) is 2.10. The van der Waals surface area contributed by atoms with Crippen molar-refractivity contribution in [1.29, 1.82) is 0 Å². The van der Waals surface area contributed by atoms with Crippen LogP contribution in [-0.2, 0) is 19.7 Å². The maximum atomic E-state index is 13.4. The van der Waals surface area contributed by atoms with E-state index in [4.69, 9.17) is 4.74 Å². The third-order valence-corrected chi connectivity index (χ3v) is 6.86. The number of carbonyl (C=O) groups is 2. The second kappa shape index (κ2) is 6.93. The molecule has 0 radical (unpaired) electrons. The molecule has 0 aromatic heterocycles. The van der Waals surface area contributed by atoms with Gasteiger partial charge in [-0.1, -0.05) is 29.8 Å². The number of amides is 2. The van der Waals surface area contributed by atoms with E-state index in [1.165, 1.54) is 11.1 Å². The fraction of sp³-hybridized carbons (Fsp3) is 0.636. The predicted molar refractivity (Wildman–Crippen MR) is 103 cm³/mol. The Bertz CT molecular complexity index is 726. The number of benzene rings is 1. The summed E-state index contributed by atoms with van der Waals surface area (Å²) in [6, 6.07) is 8.51. The second-order valence-electron chi connectivity index (χ2n) is 8.73. The highest BCUT2D eigenvalue weighted by atomic mass is 16.5. The molecule has 4 rings (SSSR count). The summed E-state index contributed by atoms with van der Waals surface area (Å²) in [6.07, 6.45) is 3.75. The topological polar surface area (TPSA) is 58.6 Å². The number of nitrogens with zero attached hydrogens (tertiary/aromatic N) is 1. The van der Waals surface area contributed by atoms with Gasteiger partial charge in [0.05, 0.1) is 17.6 Å². The number of carbonyl (C=O) groups excluding carboxylic acids is 2. The summed E-state index contributed by atoms with van der Waals surface area (Å²) >= 11 is 0. The first-order valence-corrected chi connectivity index (χ1v) is 10.1. The zero-order valence-corrected chi connectivity index (χ0v) is 16.5. The number of fused-ring (bicyclic) bond motifs is 1. The molecule has 0 unspecified atom stereocenters. The van der Waals surface area contributed by atoms with Gasteiger partial charge in [0.15, 0.2) is 0 Å². The summed E-state index contributed by atoms with van der Waals surface area (Å²) in [7, 11) is 1.72. The molecule has 1 saturated heterocycles. The smallest absolute Gasteiger partial charge is 0.233 e. The average molecular weight is 370 g/mol. The summed E-state index contributed by atoms with van der Waals surface area (Å²) in [6.45, 7) is 5.27. The van der Waals surface area contributed by atoms with E-state index in [2.05, 4.69) is 41.4 Å². The van der Waals surface area contributed by atoms with Crippen molar-refractivity contribution in [3.05, 3.63) is 35.4 Å². The van der Waals surface area contributed by atoms with Gasteiger partial charge in [-0.15, -0.1) is 0 Å². The molecule has 1 aromatic carbocycles. The van der Waals surface area contributed by atoms with Gasteiger partial charge in [0.2, 0.25) is 11.8 Å². The van der Waals surface area contributed by atoms with Gasteiger partial charge in [0.25, 0.3) is 0 Å². The molecule has 27 heavy (non-hydrogen) atoms. The molecule has 4 atom stereocenters. The molecule has 2 aliphatic carbocycles. The van der Waals surface area contributed by atoms with Crippen molar-refractivity contribution in [2.45, 2.75) is 57.1 Å². The molecule has 1 aliphatic heterocycles. The molecule has 146 valence electrons. The van der Waals surface area contributed by atoms with E-state index >= 15 is 0 Å². The highest BCUT2D eigenvalue weighted by Crippen LogP contribution is 2.51. The Morgan fingerprint density at radius 2 is 1.74 bits per heavy atom. The molecule has 2 amide bonds. The quantitative estimate of drug-likeness (QED) is 0.885. The number of aryl methyl sites for hydroxylation is 1. The van der Waals surface area contributed by atoms with Crippen molar-refractivity contribution in [2.24, 2.45) is 11.8 Å². The average Bonchev–Trinajstić information content (AvgIpc) is 3.34. The number of hydrogen-bond acceptors (Lipinski definition) is 3. The Labute approximate surface area is 161 Å². The van der Waals surface area contributed by atoms with Crippen LogP contribution in [0.1, 0.15) is 43.7 Å².